The highest BCUT2D eigenvalue weighted by Gasteiger charge is 2.25. The van der Waals surface area contributed by atoms with E-state index in [2.05, 4.69) is 11.8 Å². The van der Waals surface area contributed by atoms with Crippen molar-refractivity contribution in [3.8, 4) is 0 Å². The summed E-state index contributed by atoms with van der Waals surface area (Å²) in [5.74, 6) is -0.247. The van der Waals surface area contributed by atoms with Gasteiger partial charge >= 0.3 is 5.97 Å². The first-order chi connectivity index (χ1) is 9.19. The number of esters is 1. The van der Waals surface area contributed by atoms with Crippen molar-refractivity contribution in [2.75, 3.05) is 31.8 Å². The third-order valence-electron chi connectivity index (χ3n) is 3.65. The monoisotopic (exact) mass is 283 g/mol. The molecule has 0 N–H and O–H groups in total. The molecule has 0 spiro atoms. The van der Waals surface area contributed by atoms with Crippen LogP contribution in [0.4, 0.5) is 5.00 Å². The number of methoxy groups -OCH3 is 1. The van der Waals surface area contributed by atoms with Gasteiger partial charge in [-0.05, 0) is 32.3 Å². The summed E-state index contributed by atoms with van der Waals surface area (Å²) in [4.78, 5) is 14.1. The first-order valence-corrected chi connectivity index (χ1v) is 7.57. The Labute approximate surface area is 118 Å². The molecule has 1 fully saturated rings. The average Bonchev–Trinajstić information content (AvgIpc) is 2.82. The lowest BCUT2D eigenvalue weighted by atomic mass is 10.1. The number of ether oxygens (including phenoxy) is 2. The Balaban J connectivity index is 2.23. The molecule has 2 rings (SSSR count). The minimum Gasteiger partial charge on any atom is -0.465 e. The smallest absolute Gasteiger partial charge is 0.339 e. The van der Waals surface area contributed by atoms with E-state index in [4.69, 9.17) is 9.47 Å². The van der Waals surface area contributed by atoms with Crippen molar-refractivity contribution >= 4 is 22.3 Å². The number of carbonyl (C=O) groups excluding carboxylic acids is 1. The van der Waals surface area contributed by atoms with Gasteiger partial charge in [-0.1, -0.05) is 0 Å². The average molecular weight is 283 g/mol. The minimum atomic E-state index is -0.247. The topological polar surface area (TPSA) is 38.8 Å². The second kappa shape index (κ2) is 6.39. The summed E-state index contributed by atoms with van der Waals surface area (Å²) >= 11 is 1.63. The molecule has 4 nitrogen and oxygen atoms in total. The van der Waals surface area contributed by atoms with E-state index in [-0.39, 0.29) is 5.97 Å². The molecular formula is C14H21NO3S. The van der Waals surface area contributed by atoms with Crippen molar-refractivity contribution in [3.05, 3.63) is 16.5 Å². The molecule has 2 heterocycles. The van der Waals surface area contributed by atoms with Gasteiger partial charge < -0.3 is 14.4 Å². The van der Waals surface area contributed by atoms with Crippen LogP contribution in [0.3, 0.4) is 0 Å². The Kier molecular flexibility index (Phi) is 4.82. The number of hydrogen-bond donors (Lipinski definition) is 0. The molecule has 1 aromatic heterocycles. The fourth-order valence-corrected chi connectivity index (χ4v) is 3.77. The van der Waals surface area contributed by atoms with Gasteiger partial charge in [0, 0.05) is 31.2 Å². The molecule has 0 saturated carbocycles. The second-order valence-electron chi connectivity index (χ2n) is 4.70. The Morgan fingerprint density at radius 3 is 2.79 bits per heavy atom. The number of nitrogens with zero attached hydrogens (tertiary/aromatic N) is 1. The second-order valence-corrected chi connectivity index (χ2v) is 5.56. The van der Waals surface area contributed by atoms with Crippen molar-refractivity contribution in [1.29, 1.82) is 0 Å². The minimum absolute atomic E-state index is 0.247. The van der Waals surface area contributed by atoms with Crippen LogP contribution in [-0.4, -0.2) is 38.9 Å². The summed E-state index contributed by atoms with van der Waals surface area (Å²) in [6, 6.07) is 0.515. The summed E-state index contributed by atoms with van der Waals surface area (Å²) in [5, 5.41) is 3.09. The van der Waals surface area contributed by atoms with Crippen LogP contribution in [-0.2, 0) is 9.47 Å². The Bertz CT molecular complexity index is 438. The SMILES string of the molecule is CCN(c1scc(C(=O)OC)c1C)C1CCOCC1. The van der Waals surface area contributed by atoms with Gasteiger partial charge in [0.2, 0.25) is 0 Å². The molecule has 5 heteroatoms. The molecule has 0 radical (unpaired) electrons. The summed E-state index contributed by atoms with van der Waals surface area (Å²) in [5.41, 5.74) is 1.72. The van der Waals surface area contributed by atoms with Crippen LogP contribution in [0.5, 0.6) is 0 Å². The van der Waals surface area contributed by atoms with Crippen molar-refractivity contribution in [1.82, 2.24) is 0 Å². The van der Waals surface area contributed by atoms with E-state index in [1.165, 1.54) is 12.1 Å². The normalized spacial score (nSPS) is 16.4. The fraction of sp³-hybridized carbons (Fsp3) is 0.643. The van der Waals surface area contributed by atoms with Crippen molar-refractivity contribution in [2.24, 2.45) is 0 Å². The Morgan fingerprint density at radius 1 is 1.53 bits per heavy atom. The summed E-state index contributed by atoms with van der Waals surface area (Å²) in [6.45, 7) is 6.77. The van der Waals surface area contributed by atoms with E-state index in [0.29, 0.717) is 11.6 Å². The Hall–Kier alpha value is -1.07. The molecule has 1 saturated heterocycles. The molecule has 106 valence electrons. The van der Waals surface area contributed by atoms with Crippen molar-refractivity contribution < 1.29 is 14.3 Å². The maximum absolute atomic E-state index is 11.7. The van der Waals surface area contributed by atoms with Crippen LogP contribution in [0.1, 0.15) is 35.7 Å². The molecule has 19 heavy (non-hydrogen) atoms. The lowest BCUT2D eigenvalue weighted by Crippen LogP contribution is -2.39. The first-order valence-electron chi connectivity index (χ1n) is 6.69. The van der Waals surface area contributed by atoms with Crippen LogP contribution >= 0.6 is 11.3 Å². The molecule has 1 aromatic rings. The Morgan fingerprint density at radius 2 is 2.21 bits per heavy atom. The summed E-state index contributed by atoms with van der Waals surface area (Å²) in [7, 11) is 1.43. The van der Waals surface area contributed by atoms with Gasteiger partial charge in [-0.25, -0.2) is 4.79 Å². The first kappa shape index (κ1) is 14.3. The molecule has 0 bridgehead atoms. The summed E-state index contributed by atoms with van der Waals surface area (Å²) < 4.78 is 10.2. The largest absolute Gasteiger partial charge is 0.465 e. The van der Waals surface area contributed by atoms with E-state index >= 15 is 0 Å². The van der Waals surface area contributed by atoms with Gasteiger partial charge in [0.05, 0.1) is 17.7 Å². The van der Waals surface area contributed by atoms with E-state index in [1.54, 1.807) is 11.3 Å². The van der Waals surface area contributed by atoms with Crippen LogP contribution < -0.4 is 4.90 Å². The molecule has 0 amide bonds. The van der Waals surface area contributed by atoms with Gasteiger partial charge in [0.25, 0.3) is 0 Å². The number of hydrogen-bond acceptors (Lipinski definition) is 5. The van der Waals surface area contributed by atoms with Gasteiger partial charge in [0.1, 0.15) is 0 Å². The van der Waals surface area contributed by atoms with E-state index in [9.17, 15) is 4.79 Å². The van der Waals surface area contributed by atoms with E-state index in [1.807, 2.05) is 12.3 Å². The highest BCUT2D eigenvalue weighted by atomic mass is 32.1. The predicted molar refractivity (Wildman–Crippen MR) is 77.3 cm³/mol. The zero-order chi connectivity index (χ0) is 13.8. The van der Waals surface area contributed by atoms with Crippen molar-refractivity contribution in [2.45, 2.75) is 32.7 Å². The maximum atomic E-state index is 11.7. The molecule has 1 aliphatic heterocycles. The molecular weight excluding hydrogens is 262 g/mol. The third-order valence-corrected chi connectivity index (χ3v) is 4.77. The molecule has 0 aromatic carbocycles. The van der Waals surface area contributed by atoms with Crippen LogP contribution in [0.25, 0.3) is 0 Å². The molecule has 0 atom stereocenters. The van der Waals surface area contributed by atoms with Crippen LogP contribution in [0.2, 0.25) is 0 Å². The third kappa shape index (κ3) is 2.92. The number of anilines is 1. The number of thiophene rings is 1. The predicted octanol–water partition coefficient (Wildman–Crippen LogP) is 2.85. The van der Waals surface area contributed by atoms with Gasteiger partial charge in [-0.15, -0.1) is 11.3 Å². The molecule has 0 aliphatic carbocycles. The highest BCUT2D eigenvalue weighted by Crippen LogP contribution is 2.34. The standard InChI is InChI=1S/C14H21NO3S/c1-4-15(11-5-7-18-8-6-11)13-10(2)12(9-19-13)14(16)17-3/h9,11H,4-8H2,1-3H3. The maximum Gasteiger partial charge on any atom is 0.339 e. The van der Waals surface area contributed by atoms with Crippen molar-refractivity contribution in [3.63, 3.8) is 0 Å². The fourth-order valence-electron chi connectivity index (χ4n) is 2.57. The number of rotatable bonds is 4. The van der Waals surface area contributed by atoms with E-state index in [0.717, 1.165) is 38.2 Å². The molecule has 0 unspecified atom stereocenters. The lowest BCUT2D eigenvalue weighted by molar-refractivity contribution is 0.0600. The quantitative estimate of drug-likeness (QED) is 0.797. The number of carbonyl (C=O) groups is 1. The lowest BCUT2D eigenvalue weighted by Gasteiger charge is -2.34. The van der Waals surface area contributed by atoms with Gasteiger partial charge in [-0.3, -0.25) is 0 Å². The van der Waals surface area contributed by atoms with Gasteiger partial charge in [-0.2, -0.15) is 0 Å². The zero-order valence-electron chi connectivity index (χ0n) is 11.8. The van der Waals surface area contributed by atoms with Crippen LogP contribution in [0, 0.1) is 6.92 Å². The zero-order valence-corrected chi connectivity index (χ0v) is 12.6. The molecule has 1 aliphatic rings. The highest BCUT2D eigenvalue weighted by molar-refractivity contribution is 7.14. The van der Waals surface area contributed by atoms with Gasteiger partial charge in [0.15, 0.2) is 0 Å². The van der Waals surface area contributed by atoms with E-state index < -0.39 is 0 Å². The van der Waals surface area contributed by atoms with Crippen LogP contribution in [0.15, 0.2) is 5.38 Å². The summed E-state index contributed by atoms with van der Waals surface area (Å²) in [6.07, 6.45) is 2.11.